The van der Waals surface area contributed by atoms with Crippen LogP contribution < -0.4 is 4.90 Å². The lowest BCUT2D eigenvalue weighted by atomic mass is 9.90. The van der Waals surface area contributed by atoms with E-state index in [9.17, 15) is 23.1 Å². The van der Waals surface area contributed by atoms with Gasteiger partial charge in [-0.15, -0.1) is 11.3 Å². The molecule has 2 aliphatic heterocycles. The lowest BCUT2D eigenvalue weighted by molar-refractivity contribution is -0.139. The van der Waals surface area contributed by atoms with E-state index < -0.39 is 29.0 Å². The Balaban J connectivity index is 1.59. The normalized spacial score (nSPS) is 20.7. The van der Waals surface area contributed by atoms with Gasteiger partial charge in [-0.1, -0.05) is 0 Å². The fraction of sp³-hybridized carbons (Fsp3) is 0.560. The third-order valence-electron chi connectivity index (χ3n) is 6.62. The van der Waals surface area contributed by atoms with Crippen molar-refractivity contribution in [2.24, 2.45) is 0 Å². The third-order valence-corrected chi connectivity index (χ3v) is 7.42. The zero-order valence-corrected chi connectivity index (χ0v) is 22.0. The number of fused-ring (bicyclic) bond motifs is 3. The van der Waals surface area contributed by atoms with Crippen LogP contribution in [0.1, 0.15) is 58.6 Å². The molecule has 37 heavy (non-hydrogen) atoms. The van der Waals surface area contributed by atoms with Crippen LogP contribution in [-0.4, -0.2) is 56.8 Å². The molecule has 4 heterocycles. The van der Waals surface area contributed by atoms with Crippen LogP contribution in [0.3, 0.4) is 0 Å². The van der Waals surface area contributed by atoms with Crippen LogP contribution in [0.2, 0.25) is 0 Å². The van der Waals surface area contributed by atoms with Gasteiger partial charge in [0.05, 0.1) is 28.8 Å². The Morgan fingerprint density at radius 3 is 2.32 bits per heavy atom. The van der Waals surface area contributed by atoms with Gasteiger partial charge < -0.3 is 19.2 Å². The molecule has 2 saturated heterocycles. The first-order chi connectivity index (χ1) is 17.1. The standard InChI is InChI=1S/C25H29F3N4O4S/c1-23(2,3)36-22(33)32-13-6-7-14(32)12-31(11-13)21-30-18-17(25(26,27)28)16(24(4,5)34)10-15(19(18)35-21)20-29-8-9-37-20/h8-10,13-14,34H,6-7,11-12H2,1-5H3. The molecule has 1 aromatic carbocycles. The molecule has 2 aliphatic rings. The first kappa shape index (κ1) is 25.8. The minimum Gasteiger partial charge on any atom is -0.444 e. The van der Waals surface area contributed by atoms with Gasteiger partial charge in [-0.05, 0) is 59.1 Å². The van der Waals surface area contributed by atoms with Crippen LogP contribution in [0, 0.1) is 0 Å². The average Bonchev–Trinajstić information content (AvgIpc) is 3.48. The van der Waals surface area contributed by atoms with Crippen molar-refractivity contribution < 1.29 is 32.2 Å². The summed E-state index contributed by atoms with van der Waals surface area (Å²) < 4.78 is 54.7. The van der Waals surface area contributed by atoms with E-state index in [2.05, 4.69) is 9.97 Å². The second kappa shape index (κ2) is 8.59. The summed E-state index contributed by atoms with van der Waals surface area (Å²) in [5.41, 5.74) is -3.81. The van der Waals surface area contributed by atoms with Crippen LogP contribution >= 0.6 is 11.3 Å². The lowest BCUT2D eigenvalue weighted by Gasteiger charge is -2.40. The highest BCUT2D eigenvalue weighted by atomic mass is 32.1. The predicted octanol–water partition coefficient (Wildman–Crippen LogP) is 5.79. The highest BCUT2D eigenvalue weighted by molar-refractivity contribution is 7.13. The number of piperazine rings is 1. The fourth-order valence-corrected chi connectivity index (χ4v) is 5.81. The maximum absolute atomic E-state index is 14.4. The van der Waals surface area contributed by atoms with Crippen molar-refractivity contribution in [1.29, 1.82) is 0 Å². The van der Waals surface area contributed by atoms with Crippen molar-refractivity contribution in [3.05, 3.63) is 28.8 Å². The molecule has 0 radical (unpaired) electrons. The zero-order chi connectivity index (χ0) is 26.9. The maximum atomic E-state index is 14.4. The summed E-state index contributed by atoms with van der Waals surface area (Å²) in [6.45, 7) is 8.75. The van der Waals surface area contributed by atoms with E-state index in [1.54, 1.807) is 21.4 Å². The molecule has 12 heteroatoms. The summed E-state index contributed by atoms with van der Waals surface area (Å²) >= 11 is 1.25. The molecule has 2 aromatic heterocycles. The first-order valence-electron chi connectivity index (χ1n) is 12.1. The molecule has 2 fully saturated rings. The highest BCUT2D eigenvalue weighted by Gasteiger charge is 2.46. The van der Waals surface area contributed by atoms with E-state index >= 15 is 0 Å². The molecular weight excluding hydrogens is 509 g/mol. The highest BCUT2D eigenvalue weighted by Crippen LogP contribution is 2.46. The SMILES string of the molecule is CC(C)(C)OC(=O)N1C2CCC1CN(c1nc3c(C(F)(F)F)c(C(C)(C)O)cc(-c4nccs4)c3o1)C2. The number of hydrogen-bond donors (Lipinski definition) is 1. The number of oxazole rings is 1. The van der Waals surface area contributed by atoms with Crippen LogP contribution in [-0.2, 0) is 16.5 Å². The largest absolute Gasteiger partial charge is 0.444 e. The molecule has 1 amide bonds. The van der Waals surface area contributed by atoms with E-state index in [0.717, 1.165) is 12.8 Å². The second-order valence-corrected chi connectivity index (χ2v) is 12.0. The number of alkyl halides is 3. The van der Waals surface area contributed by atoms with Crippen molar-refractivity contribution in [1.82, 2.24) is 14.9 Å². The summed E-state index contributed by atoms with van der Waals surface area (Å²) in [4.78, 5) is 24.9. The number of amides is 1. The summed E-state index contributed by atoms with van der Waals surface area (Å²) in [5.74, 6) is 0. The summed E-state index contributed by atoms with van der Waals surface area (Å²) in [6.07, 6.45) is -2.11. The van der Waals surface area contributed by atoms with Gasteiger partial charge in [-0.3, -0.25) is 4.90 Å². The number of nitrogens with zero attached hydrogens (tertiary/aromatic N) is 4. The minimum absolute atomic E-state index is 0.0350. The molecular formula is C25H29F3N4O4S. The van der Waals surface area contributed by atoms with Gasteiger partial charge in [0.1, 0.15) is 16.1 Å². The van der Waals surface area contributed by atoms with E-state index in [-0.39, 0.29) is 34.8 Å². The van der Waals surface area contributed by atoms with Crippen molar-refractivity contribution in [3.8, 4) is 10.6 Å². The predicted molar refractivity (Wildman–Crippen MR) is 132 cm³/mol. The topological polar surface area (TPSA) is 91.9 Å². The van der Waals surface area contributed by atoms with Crippen molar-refractivity contribution in [2.45, 2.75) is 76.9 Å². The Kier molecular flexibility index (Phi) is 5.98. The molecule has 0 spiro atoms. The number of hydrogen-bond acceptors (Lipinski definition) is 8. The Labute approximate surface area is 216 Å². The minimum atomic E-state index is -4.78. The number of ether oxygens (including phenoxy) is 1. The smallest absolute Gasteiger partial charge is 0.419 e. The summed E-state index contributed by atoms with van der Waals surface area (Å²) in [6, 6.07) is 1.00. The fourth-order valence-electron chi connectivity index (χ4n) is 5.16. The third kappa shape index (κ3) is 4.76. The van der Waals surface area contributed by atoms with Crippen molar-refractivity contribution in [3.63, 3.8) is 0 Å². The lowest BCUT2D eigenvalue weighted by Crippen LogP contribution is -2.56. The van der Waals surface area contributed by atoms with Crippen molar-refractivity contribution >= 4 is 34.5 Å². The Morgan fingerprint density at radius 2 is 1.81 bits per heavy atom. The van der Waals surface area contributed by atoms with Crippen molar-refractivity contribution in [2.75, 3.05) is 18.0 Å². The number of halogens is 3. The molecule has 0 saturated carbocycles. The monoisotopic (exact) mass is 538 g/mol. The number of carbonyl (C=O) groups excluding carboxylic acids is 1. The van der Waals surface area contributed by atoms with E-state index in [0.29, 0.717) is 23.7 Å². The van der Waals surface area contributed by atoms with Gasteiger partial charge in [0.2, 0.25) is 0 Å². The van der Waals surface area contributed by atoms with Gasteiger partial charge >= 0.3 is 12.3 Å². The van der Waals surface area contributed by atoms with Gasteiger partial charge in [-0.2, -0.15) is 18.2 Å². The van der Waals surface area contributed by atoms with Gasteiger partial charge in [0.25, 0.3) is 6.01 Å². The number of benzene rings is 1. The Hall–Kier alpha value is -2.86. The summed E-state index contributed by atoms with van der Waals surface area (Å²) in [5, 5.41) is 12.9. The molecule has 3 aromatic rings. The number of aromatic nitrogens is 2. The Morgan fingerprint density at radius 1 is 1.16 bits per heavy atom. The number of aliphatic hydroxyl groups is 1. The van der Waals surface area contributed by atoms with Crippen LogP contribution in [0.15, 0.2) is 22.1 Å². The Bertz CT molecular complexity index is 1310. The quantitative estimate of drug-likeness (QED) is 0.452. The van der Waals surface area contributed by atoms with E-state index in [1.807, 2.05) is 20.8 Å². The molecule has 8 nitrogen and oxygen atoms in total. The molecule has 2 unspecified atom stereocenters. The van der Waals surface area contributed by atoms with Crippen LogP contribution in [0.4, 0.5) is 24.0 Å². The van der Waals surface area contributed by atoms with Crippen LogP contribution in [0.25, 0.3) is 21.7 Å². The number of anilines is 1. The van der Waals surface area contributed by atoms with Gasteiger partial charge in [0.15, 0.2) is 5.58 Å². The molecule has 5 rings (SSSR count). The number of thiazole rings is 1. The summed E-state index contributed by atoms with van der Waals surface area (Å²) in [7, 11) is 0. The van der Waals surface area contributed by atoms with Crippen LogP contribution in [0.5, 0.6) is 0 Å². The number of rotatable bonds is 3. The maximum Gasteiger partial charge on any atom is 0.419 e. The second-order valence-electron chi connectivity index (χ2n) is 11.1. The first-order valence-corrected chi connectivity index (χ1v) is 12.9. The number of carbonyl (C=O) groups is 1. The molecule has 200 valence electrons. The van der Waals surface area contributed by atoms with E-state index in [1.165, 1.54) is 31.3 Å². The average molecular weight is 539 g/mol. The molecule has 2 bridgehead atoms. The van der Waals surface area contributed by atoms with Gasteiger partial charge in [-0.25, -0.2) is 9.78 Å². The zero-order valence-electron chi connectivity index (χ0n) is 21.2. The molecule has 2 atom stereocenters. The van der Waals surface area contributed by atoms with E-state index in [4.69, 9.17) is 9.15 Å². The van der Waals surface area contributed by atoms with Gasteiger partial charge in [0, 0.05) is 24.7 Å². The molecule has 1 N–H and O–H groups in total. The molecule has 0 aliphatic carbocycles.